The van der Waals surface area contributed by atoms with Crippen molar-refractivity contribution in [2.24, 2.45) is 4.99 Å². The van der Waals surface area contributed by atoms with Crippen molar-refractivity contribution in [3.05, 3.63) is 16.1 Å². The number of guanidine groups is 1. The van der Waals surface area contributed by atoms with E-state index in [9.17, 15) is 0 Å². The number of nitrogens with one attached hydrogen (secondary N) is 1. The van der Waals surface area contributed by atoms with Gasteiger partial charge in [-0.15, -0.1) is 11.3 Å². The van der Waals surface area contributed by atoms with Gasteiger partial charge in [-0.25, -0.2) is 4.98 Å². The molecular weight excluding hydrogens is 334 g/mol. The Morgan fingerprint density at radius 3 is 2.76 bits per heavy atom. The Morgan fingerprint density at radius 2 is 2.16 bits per heavy atom. The molecule has 2 atom stereocenters. The Bertz CT molecular complexity index is 557. The molecule has 1 aliphatic carbocycles. The van der Waals surface area contributed by atoms with E-state index < -0.39 is 0 Å². The quantitative estimate of drug-likeness (QED) is 0.537. The van der Waals surface area contributed by atoms with Gasteiger partial charge >= 0.3 is 0 Å². The van der Waals surface area contributed by atoms with Crippen molar-refractivity contribution in [2.75, 3.05) is 34.3 Å². The first-order valence-corrected chi connectivity index (χ1v) is 10.0. The lowest BCUT2D eigenvalue weighted by Gasteiger charge is -2.25. The van der Waals surface area contributed by atoms with E-state index in [-0.39, 0.29) is 6.10 Å². The van der Waals surface area contributed by atoms with E-state index in [4.69, 9.17) is 9.73 Å². The highest BCUT2D eigenvalue weighted by atomic mass is 32.1. The standard InChI is InChI=1S/C18H33N5OS/c1-7-19-18(20-10-13(2)23(5)16-8-9-16)22(4)11-15-12-25-17(21-15)14(3)24-6/h12-14,16H,7-11H2,1-6H3,(H,19,20). The maximum Gasteiger partial charge on any atom is 0.194 e. The minimum atomic E-state index is 0.0461. The molecule has 0 saturated heterocycles. The largest absolute Gasteiger partial charge is 0.375 e. The molecule has 0 radical (unpaired) electrons. The number of aromatic nitrogens is 1. The van der Waals surface area contributed by atoms with Gasteiger partial charge in [-0.3, -0.25) is 9.89 Å². The van der Waals surface area contributed by atoms with Crippen molar-refractivity contribution in [1.82, 2.24) is 20.1 Å². The summed E-state index contributed by atoms with van der Waals surface area (Å²) in [5, 5.41) is 6.52. The van der Waals surface area contributed by atoms with Gasteiger partial charge in [0.1, 0.15) is 11.1 Å². The van der Waals surface area contributed by atoms with Crippen LogP contribution in [0.25, 0.3) is 0 Å². The van der Waals surface area contributed by atoms with Crippen LogP contribution >= 0.6 is 11.3 Å². The zero-order chi connectivity index (χ0) is 18.4. The van der Waals surface area contributed by atoms with E-state index >= 15 is 0 Å². The fourth-order valence-electron chi connectivity index (χ4n) is 2.66. The summed E-state index contributed by atoms with van der Waals surface area (Å²) >= 11 is 1.65. The third-order valence-electron chi connectivity index (χ3n) is 4.69. The van der Waals surface area contributed by atoms with Gasteiger partial charge in [-0.2, -0.15) is 0 Å². The second-order valence-electron chi connectivity index (χ2n) is 6.85. The molecule has 142 valence electrons. The number of hydrogen-bond donors (Lipinski definition) is 1. The van der Waals surface area contributed by atoms with Gasteiger partial charge < -0.3 is 15.0 Å². The molecule has 0 aliphatic heterocycles. The SMILES string of the molecule is CCNC(=NCC(C)N(C)C1CC1)N(C)Cc1csc(C(C)OC)n1. The summed E-state index contributed by atoms with van der Waals surface area (Å²) in [6, 6.07) is 1.23. The van der Waals surface area contributed by atoms with Gasteiger partial charge in [0.2, 0.25) is 0 Å². The van der Waals surface area contributed by atoms with Crippen molar-refractivity contribution < 1.29 is 4.74 Å². The number of hydrogen-bond acceptors (Lipinski definition) is 5. The molecule has 1 aromatic rings. The average Bonchev–Trinajstić information content (AvgIpc) is 3.36. The predicted molar refractivity (Wildman–Crippen MR) is 105 cm³/mol. The van der Waals surface area contributed by atoms with Crippen LogP contribution in [0.3, 0.4) is 0 Å². The van der Waals surface area contributed by atoms with Crippen molar-refractivity contribution >= 4 is 17.3 Å². The van der Waals surface area contributed by atoms with Crippen LogP contribution in [-0.2, 0) is 11.3 Å². The number of aliphatic imine (C=N–C) groups is 1. The smallest absolute Gasteiger partial charge is 0.194 e. The topological polar surface area (TPSA) is 53.0 Å². The fourth-order valence-corrected chi connectivity index (χ4v) is 3.50. The molecule has 0 bridgehead atoms. The van der Waals surface area contributed by atoms with E-state index in [1.54, 1.807) is 18.4 Å². The summed E-state index contributed by atoms with van der Waals surface area (Å²) in [6.07, 6.45) is 2.71. The Kier molecular flexibility index (Phi) is 7.65. The zero-order valence-electron chi connectivity index (χ0n) is 16.5. The Labute approximate surface area is 156 Å². The van der Waals surface area contributed by atoms with E-state index in [0.29, 0.717) is 6.04 Å². The summed E-state index contributed by atoms with van der Waals surface area (Å²) in [5.41, 5.74) is 1.06. The van der Waals surface area contributed by atoms with Crippen LogP contribution in [0, 0.1) is 0 Å². The molecule has 7 heteroatoms. The molecule has 1 heterocycles. The molecule has 0 aromatic carbocycles. The molecule has 2 rings (SSSR count). The van der Waals surface area contributed by atoms with Crippen molar-refractivity contribution in [3.8, 4) is 0 Å². The van der Waals surface area contributed by atoms with Crippen LogP contribution in [0.1, 0.15) is 50.4 Å². The zero-order valence-corrected chi connectivity index (χ0v) is 17.3. The van der Waals surface area contributed by atoms with Gasteiger partial charge in [0, 0.05) is 38.2 Å². The van der Waals surface area contributed by atoms with E-state index in [1.807, 2.05) is 6.92 Å². The normalized spacial score (nSPS) is 17.6. The summed E-state index contributed by atoms with van der Waals surface area (Å²) in [6.45, 7) is 8.79. The summed E-state index contributed by atoms with van der Waals surface area (Å²) in [5.74, 6) is 0.938. The number of rotatable bonds is 9. The molecule has 25 heavy (non-hydrogen) atoms. The second-order valence-corrected chi connectivity index (χ2v) is 7.74. The van der Waals surface area contributed by atoms with Gasteiger partial charge in [0.05, 0.1) is 18.8 Å². The lowest BCUT2D eigenvalue weighted by Crippen LogP contribution is -2.40. The van der Waals surface area contributed by atoms with Crippen molar-refractivity contribution in [3.63, 3.8) is 0 Å². The van der Waals surface area contributed by atoms with Crippen LogP contribution in [0.2, 0.25) is 0 Å². The lowest BCUT2D eigenvalue weighted by atomic mass is 10.3. The van der Waals surface area contributed by atoms with E-state index in [2.05, 4.69) is 53.4 Å². The molecular formula is C18H33N5OS. The average molecular weight is 368 g/mol. The minimum absolute atomic E-state index is 0.0461. The Balaban J connectivity index is 1.95. The number of methoxy groups -OCH3 is 1. The van der Waals surface area contributed by atoms with Crippen LogP contribution < -0.4 is 5.32 Å². The molecule has 1 N–H and O–H groups in total. The lowest BCUT2D eigenvalue weighted by molar-refractivity contribution is 0.119. The molecule has 1 aliphatic rings. The first-order valence-electron chi connectivity index (χ1n) is 9.14. The van der Waals surface area contributed by atoms with Crippen LogP contribution in [-0.4, -0.2) is 67.1 Å². The molecule has 2 unspecified atom stereocenters. The van der Waals surface area contributed by atoms with Gasteiger partial charge in [-0.05, 0) is 40.7 Å². The van der Waals surface area contributed by atoms with E-state index in [1.165, 1.54) is 12.8 Å². The number of nitrogens with zero attached hydrogens (tertiary/aromatic N) is 4. The molecule has 6 nitrogen and oxygen atoms in total. The monoisotopic (exact) mass is 367 g/mol. The van der Waals surface area contributed by atoms with Crippen molar-refractivity contribution in [2.45, 2.75) is 58.3 Å². The molecule has 1 saturated carbocycles. The first kappa shape index (κ1) is 20.1. The summed E-state index contributed by atoms with van der Waals surface area (Å²) in [7, 11) is 5.99. The Morgan fingerprint density at radius 1 is 1.44 bits per heavy atom. The molecule has 0 amide bonds. The third kappa shape index (κ3) is 5.94. The van der Waals surface area contributed by atoms with Gasteiger partial charge in [0.25, 0.3) is 0 Å². The number of ether oxygens (including phenoxy) is 1. The first-order chi connectivity index (χ1) is 12.0. The minimum Gasteiger partial charge on any atom is -0.375 e. The molecule has 0 spiro atoms. The highest BCUT2D eigenvalue weighted by Crippen LogP contribution is 2.27. The van der Waals surface area contributed by atoms with Crippen LogP contribution in [0.4, 0.5) is 0 Å². The maximum atomic E-state index is 5.35. The predicted octanol–water partition coefficient (Wildman–Crippen LogP) is 2.73. The maximum absolute atomic E-state index is 5.35. The highest BCUT2D eigenvalue weighted by Gasteiger charge is 2.29. The summed E-state index contributed by atoms with van der Waals surface area (Å²) in [4.78, 5) is 14.1. The second kappa shape index (κ2) is 9.50. The van der Waals surface area contributed by atoms with Crippen LogP contribution in [0.5, 0.6) is 0 Å². The van der Waals surface area contributed by atoms with E-state index in [0.717, 1.165) is 42.3 Å². The third-order valence-corrected chi connectivity index (χ3v) is 5.74. The fraction of sp³-hybridized carbons (Fsp3) is 0.778. The number of likely N-dealkylation sites (N-methyl/N-ethyl adjacent to an activating group) is 1. The Hall–Kier alpha value is -1.18. The molecule has 1 fully saturated rings. The summed E-state index contributed by atoms with van der Waals surface area (Å²) < 4.78 is 5.35. The van der Waals surface area contributed by atoms with Crippen LogP contribution in [0.15, 0.2) is 10.4 Å². The number of thiazole rings is 1. The van der Waals surface area contributed by atoms with Crippen molar-refractivity contribution in [1.29, 1.82) is 0 Å². The highest BCUT2D eigenvalue weighted by molar-refractivity contribution is 7.09. The molecule has 1 aromatic heterocycles. The van der Waals surface area contributed by atoms with Gasteiger partial charge in [0.15, 0.2) is 5.96 Å². The van der Waals surface area contributed by atoms with Gasteiger partial charge in [-0.1, -0.05) is 0 Å².